The van der Waals surface area contributed by atoms with E-state index in [-0.39, 0.29) is 19.7 Å². The first-order chi connectivity index (χ1) is 15.8. The molecule has 1 aliphatic heterocycles. The number of aliphatic hydroxyl groups is 1. The van der Waals surface area contributed by atoms with Gasteiger partial charge in [0.2, 0.25) is 0 Å². The fourth-order valence-corrected chi connectivity index (χ4v) is 3.87. The topological polar surface area (TPSA) is 53.0 Å². The third kappa shape index (κ3) is 5.07. The van der Waals surface area contributed by atoms with Crippen LogP contribution < -0.4 is 9.64 Å². The molecule has 172 valence electrons. The lowest BCUT2D eigenvalue weighted by Gasteiger charge is -2.24. The van der Waals surface area contributed by atoms with Crippen LogP contribution in [0.4, 0.5) is 23.7 Å². The quantitative estimate of drug-likeness (QED) is 0.466. The van der Waals surface area contributed by atoms with Crippen molar-refractivity contribution in [3.05, 3.63) is 88.9 Å². The summed E-state index contributed by atoms with van der Waals surface area (Å²) in [7, 11) is 0. The standard InChI is InChI=1S/C24H20ClF3N2O3/c25-18-4-8-20(9-5-18)33-21-10-6-19(7-11-21)30-22(15-29(12-13-31)23(30)32)16-2-1-3-17(14-16)24(26,27)28/h1-11,14,22,31H,12-13,15H2. The van der Waals surface area contributed by atoms with Gasteiger partial charge in [-0.1, -0.05) is 23.7 Å². The SMILES string of the molecule is O=C1N(CCO)CC(c2cccc(C(F)(F)F)c2)N1c1ccc(Oc2ccc(Cl)cc2)cc1. The van der Waals surface area contributed by atoms with Gasteiger partial charge in [0.25, 0.3) is 0 Å². The number of carbonyl (C=O) groups excluding carboxylic acids is 1. The monoisotopic (exact) mass is 476 g/mol. The number of β-amino-alcohol motifs (C(OH)–C–C–N with tert-alkyl or cyclic N) is 1. The van der Waals surface area contributed by atoms with Crippen LogP contribution in [0.25, 0.3) is 0 Å². The molecular formula is C24H20ClF3N2O3. The molecule has 1 heterocycles. The highest BCUT2D eigenvalue weighted by Crippen LogP contribution is 2.38. The molecule has 9 heteroatoms. The molecule has 3 aromatic rings. The number of nitrogens with zero attached hydrogens (tertiary/aromatic N) is 2. The van der Waals surface area contributed by atoms with E-state index in [1.807, 2.05) is 0 Å². The Morgan fingerprint density at radius 3 is 2.24 bits per heavy atom. The number of aliphatic hydroxyl groups excluding tert-OH is 1. The van der Waals surface area contributed by atoms with E-state index in [4.69, 9.17) is 16.3 Å². The highest BCUT2D eigenvalue weighted by molar-refractivity contribution is 6.30. The number of anilines is 1. The molecule has 1 N–H and O–H groups in total. The maximum Gasteiger partial charge on any atom is 0.416 e. The van der Waals surface area contributed by atoms with Crippen molar-refractivity contribution in [3.63, 3.8) is 0 Å². The Kier molecular flexibility index (Phi) is 6.49. The molecule has 0 aromatic heterocycles. The minimum Gasteiger partial charge on any atom is -0.457 e. The van der Waals surface area contributed by atoms with Crippen molar-refractivity contribution in [2.24, 2.45) is 0 Å². The van der Waals surface area contributed by atoms with Gasteiger partial charge >= 0.3 is 12.2 Å². The summed E-state index contributed by atoms with van der Waals surface area (Å²) in [6, 6.07) is 17.5. The maximum atomic E-state index is 13.2. The summed E-state index contributed by atoms with van der Waals surface area (Å²) in [4.78, 5) is 15.9. The first-order valence-corrected chi connectivity index (χ1v) is 10.5. The van der Waals surface area contributed by atoms with Gasteiger partial charge < -0.3 is 14.7 Å². The van der Waals surface area contributed by atoms with E-state index in [1.54, 1.807) is 54.6 Å². The largest absolute Gasteiger partial charge is 0.457 e. The van der Waals surface area contributed by atoms with E-state index < -0.39 is 23.8 Å². The van der Waals surface area contributed by atoms with Crippen molar-refractivity contribution >= 4 is 23.3 Å². The summed E-state index contributed by atoms with van der Waals surface area (Å²) in [5.41, 5.74) is 0.0890. The van der Waals surface area contributed by atoms with Crippen LogP contribution in [0, 0.1) is 0 Å². The molecule has 1 unspecified atom stereocenters. The van der Waals surface area contributed by atoms with Crippen LogP contribution in [0.1, 0.15) is 17.2 Å². The second-order valence-electron chi connectivity index (χ2n) is 7.51. The van der Waals surface area contributed by atoms with Crippen LogP contribution in [0.2, 0.25) is 5.02 Å². The Hall–Kier alpha value is -3.23. The van der Waals surface area contributed by atoms with Gasteiger partial charge in [0, 0.05) is 23.8 Å². The van der Waals surface area contributed by atoms with Gasteiger partial charge in [-0.25, -0.2) is 4.79 Å². The van der Waals surface area contributed by atoms with Crippen molar-refractivity contribution < 1.29 is 27.8 Å². The second-order valence-corrected chi connectivity index (χ2v) is 7.95. The lowest BCUT2D eigenvalue weighted by molar-refractivity contribution is -0.137. The third-order valence-electron chi connectivity index (χ3n) is 5.31. The third-order valence-corrected chi connectivity index (χ3v) is 5.57. The van der Waals surface area contributed by atoms with Crippen LogP contribution in [-0.2, 0) is 6.18 Å². The molecule has 1 atom stereocenters. The van der Waals surface area contributed by atoms with Gasteiger partial charge in [-0.15, -0.1) is 0 Å². The lowest BCUT2D eigenvalue weighted by Crippen LogP contribution is -2.34. The minimum atomic E-state index is -4.49. The van der Waals surface area contributed by atoms with Gasteiger partial charge in [-0.05, 0) is 66.2 Å². The van der Waals surface area contributed by atoms with Crippen LogP contribution in [0.5, 0.6) is 11.5 Å². The number of amides is 2. The molecule has 33 heavy (non-hydrogen) atoms. The number of alkyl halides is 3. The molecule has 4 rings (SSSR count). The molecule has 2 amide bonds. The molecule has 1 fully saturated rings. The summed E-state index contributed by atoms with van der Waals surface area (Å²) >= 11 is 5.88. The average molecular weight is 477 g/mol. The van der Waals surface area contributed by atoms with Gasteiger partial charge in [0.1, 0.15) is 11.5 Å². The second kappa shape index (κ2) is 9.33. The molecule has 0 spiro atoms. The number of benzene rings is 3. The number of hydrogen-bond acceptors (Lipinski definition) is 3. The van der Waals surface area contributed by atoms with E-state index in [2.05, 4.69) is 0 Å². The zero-order valence-corrected chi connectivity index (χ0v) is 18.1. The molecule has 1 aliphatic rings. The Bertz CT molecular complexity index is 1120. The zero-order valence-electron chi connectivity index (χ0n) is 17.3. The summed E-state index contributed by atoms with van der Waals surface area (Å²) in [5, 5.41) is 9.90. The van der Waals surface area contributed by atoms with E-state index in [0.29, 0.717) is 27.8 Å². The number of hydrogen-bond donors (Lipinski definition) is 1. The maximum absolute atomic E-state index is 13.2. The molecule has 0 bridgehead atoms. The first kappa shape index (κ1) is 22.9. The van der Waals surface area contributed by atoms with Gasteiger partial charge in [0.15, 0.2) is 0 Å². The number of rotatable bonds is 6. The highest BCUT2D eigenvalue weighted by atomic mass is 35.5. The van der Waals surface area contributed by atoms with E-state index in [9.17, 15) is 23.1 Å². The number of ether oxygens (including phenoxy) is 1. The lowest BCUT2D eigenvalue weighted by atomic mass is 10.0. The van der Waals surface area contributed by atoms with E-state index in [1.165, 1.54) is 15.9 Å². The van der Waals surface area contributed by atoms with Crippen LogP contribution in [0.3, 0.4) is 0 Å². The average Bonchev–Trinajstić information content (AvgIpc) is 3.12. The Balaban J connectivity index is 1.63. The van der Waals surface area contributed by atoms with Crippen molar-refractivity contribution in [2.45, 2.75) is 12.2 Å². The summed E-state index contributed by atoms with van der Waals surface area (Å²) < 4.78 is 45.5. The smallest absolute Gasteiger partial charge is 0.416 e. The molecule has 1 saturated heterocycles. The predicted octanol–water partition coefficient (Wildman–Crippen LogP) is 6.13. The molecule has 5 nitrogen and oxygen atoms in total. The minimum absolute atomic E-state index is 0.0859. The van der Waals surface area contributed by atoms with Gasteiger partial charge in [-0.2, -0.15) is 13.2 Å². The molecule has 0 aliphatic carbocycles. The Morgan fingerprint density at radius 1 is 1.00 bits per heavy atom. The molecule has 0 radical (unpaired) electrons. The zero-order chi connectivity index (χ0) is 23.6. The molecular weight excluding hydrogens is 457 g/mol. The number of halogens is 4. The normalized spacial score (nSPS) is 16.4. The van der Waals surface area contributed by atoms with Crippen LogP contribution in [-0.4, -0.2) is 35.7 Å². The van der Waals surface area contributed by atoms with Crippen molar-refractivity contribution in [1.82, 2.24) is 4.90 Å². The summed E-state index contributed by atoms with van der Waals surface area (Å²) in [6.07, 6.45) is -4.49. The van der Waals surface area contributed by atoms with E-state index in [0.717, 1.165) is 12.1 Å². The molecule has 0 saturated carbocycles. The highest BCUT2D eigenvalue weighted by Gasteiger charge is 2.40. The van der Waals surface area contributed by atoms with E-state index >= 15 is 0 Å². The number of urea groups is 1. The predicted molar refractivity (Wildman–Crippen MR) is 119 cm³/mol. The molecule has 3 aromatic carbocycles. The van der Waals surface area contributed by atoms with Gasteiger partial charge in [-0.3, -0.25) is 4.90 Å². The summed E-state index contributed by atoms with van der Waals surface area (Å²) in [6.45, 7) is -0.00491. The summed E-state index contributed by atoms with van der Waals surface area (Å²) in [5.74, 6) is 1.11. The fraction of sp³-hybridized carbons (Fsp3) is 0.208. The van der Waals surface area contributed by atoms with Gasteiger partial charge in [0.05, 0.1) is 18.2 Å². The van der Waals surface area contributed by atoms with Crippen molar-refractivity contribution in [3.8, 4) is 11.5 Å². The van der Waals surface area contributed by atoms with Crippen molar-refractivity contribution in [1.29, 1.82) is 0 Å². The number of carbonyl (C=O) groups is 1. The fourth-order valence-electron chi connectivity index (χ4n) is 3.74. The van der Waals surface area contributed by atoms with Crippen LogP contribution in [0.15, 0.2) is 72.8 Å². The first-order valence-electron chi connectivity index (χ1n) is 10.2. The van der Waals surface area contributed by atoms with Crippen molar-refractivity contribution in [2.75, 3.05) is 24.6 Å². The van der Waals surface area contributed by atoms with Crippen LogP contribution >= 0.6 is 11.6 Å². The Morgan fingerprint density at radius 2 is 1.64 bits per heavy atom. The Labute approximate surface area is 193 Å².